The standard InChI is InChI=1S/C14H8ClNO2S/c15-13(17)8-5-6-9-12(7-8)19-11-4-2-1-3-10(11)16-14(9)18/h1-7H,(H,16,18). The molecule has 1 heterocycles. The normalized spacial score (nSPS) is 13.0. The molecule has 0 unspecified atom stereocenters. The predicted octanol–water partition coefficient (Wildman–Crippen LogP) is 3.78. The van der Waals surface area contributed by atoms with E-state index in [4.69, 9.17) is 11.6 Å². The second kappa shape index (κ2) is 4.72. The lowest BCUT2D eigenvalue weighted by Gasteiger charge is -2.04. The van der Waals surface area contributed by atoms with Crippen LogP contribution in [-0.2, 0) is 0 Å². The SMILES string of the molecule is O=C(Cl)c1ccc2c(c1)Sc1ccccc1NC2=O. The predicted molar refractivity (Wildman–Crippen MR) is 75.1 cm³/mol. The van der Waals surface area contributed by atoms with E-state index >= 15 is 0 Å². The largest absolute Gasteiger partial charge is 0.321 e. The van der Waals surface area contributed by atoms with Gasteiger partial charge in [0.2, 0.25) is 0 Å². The van der Waals surface area contributed by atoms with Crippen molar-refractivity contribution in [2.24, 2.45) is 0 Å². The minimum absolute atomic E-state index is 0.180. The third kappa shape index (κ3) is 2.25. The monoisotopic (exact) mass is 289 g/mol. The van der Waals surface area contributed by atoms with E-state index < -0.39 is 5.24 Å². The zero-order valence-electron chi connectivity index (χ0n) is 9.64. The van der Waals surface area contributed by atoms with Crippen molar-refractivity contribution >= 4 is 40.2 Å². The second-order valence-electron chi connectivity index (χ2n) is 4.04. The Labute approximate surface area is 119 Å². The molecular weight excluding hydrogens is 282 g/mol. The minimum Gasteiger partial charge on any atom is -0.321 e. The van der Waals surface area contributed by atoms with Gasteiger partial charge in [0.05, 0.1) is 11.3 Å². The Bertz CT molecular complexity index is 700. The molecule has 0 aliphatic carbocycles. The fourth-order valence-electron chi connectivity index (χ4n) is 1.88. The van der Waals surface area contributed by atoms with Gasteiger partial charge in [0.25, 0.3) is 11.1 Å². The highest BCUT2D eigenvalue weighted by Crippen LogP contribution is 2.38. The van der Waals surface area contributed by atoms with Gasteiger partial charge >= 0.3 is 0 Å². The Morgan fingerprint density at radius 1 is 1.11 bits per heavy atom. The molecule has 5 heteroatoms. The van der Waals surface area contributed by atoms with Gasteiger partial charge in [0.15, 0.2) is 0 Å². The molecule has 1 amide bonds. The van der Waals surface area contributed by atoms with E-state index in [-0.39, 0.29) is 5.91 Å². The maximum Gasteiger partial charge on any atom is 0.256 e. The molecule has 1 N–H and O–H groups in total. The van der Waals surface area contributed by atoms with Gasteiger partial charge in [-0.25, -0.2) is 0 Å². The number of nitrogens with one attached hydrogen (secondary N) is 1. The number of rotatable bonds is 1. The van der Waals surface area contributed by atoms with Crippen LogP contribution in [0, 0.1) is 0 Å². The van der Waals surface area contributed by atoms with Crippen molar-refractivity contribution in [2.45, 2.75) is 9.79 Å². The van der Waals surface area contributed by atoms with E-state index in [9.17, 15) is 9.59 Å². The first-order valence-corrected chi connectivity index (χ1v) is 6.77. The lowest BCUT2D eigenvalue weighted by atomic mass is 10.1. The van der Waals surface area contributed by atoms with Crippen molar-refractivity contribution in [3.63, 3.8) is 0 Å². The molecule has 0 saturated carbocycles. The van der Waals surface area contributed by atoms with Crippen LogP contribution in [-0.4, -0.2) is 11.1 Å². The molecule has 94 valence electrons. The minimum atomic E-state index is -0.527. The topological polar surface area (TPSA) is 46.2 Å². The highest BCUT2D eigenvalue weighted by atomic mass is 35.5. The summed E-state index contributed by atoms with van der Waals surface area (Å²) in [4.78, 5) is 25.0. The maximum absolute atomic E-state index is 12.1. The third-order valence-electron chi connectivity index (χ3n) is 2.81. The van der Waals surface area contributed by atoms with Crippen molar-refractivity contribution in [3.05, 3.63) is 53.6 Å². The molecule has 0 saturated heterocycles. The quantitative estimate of drug-likeness (QED) is 0.813. The van der Waals surface area contributed by atoms with Crippen molar-refractivity contribution in [3.8, 4) is 0 Å². The van der Waals surface area contributed by atoms with E-state index in [0.717, 1.165) is 15.5 Å². The molecule has 3 rings (SSSR count). The van der Waals surface area contributed by atoms with Gasteiger partial charge in [-0.3, -0.25) is 9.59 Å². The Morgan fingerprint density at radius 2 is 1.89 bits per heavy atom. The second-order valence-corrected chi connectivity index (χ2v) is 5.46. The number of hydrogen-bond acceptors (Lipinski definition) is 3. The van der Waals surface area contributed by atoms with Crippen molar-refractivity contribution in [2.75, 3.05) is 5.32 Å². The van der Waals surface area contributed by atoms with Crippen LogP contribution >= 0.6 is 23.4 Å². The number of hydrogen-bond donors (Lipinski definition) is 1. The van der Waals surface area contributed by atoms with E-state index in [2.05, 4.69) is 5.32 Å². The fourth-order valence-corrected chi connectivity index (χ4v) is 3.07. The number of carbonyl (C=O) groups is 2. The molecule has 0 spiro atoms. The molecule has 2 aromatic carbocycles. The molecule has 3 nitrogen and oxygen atoms in total. The van der Waals surface area contributed by atoms with E-state index in [1.807, 2.05) is 24.3 Å². The van der Waals surface area contributed by atoms with Crippen LogP contribution in [0.15, 0.2) is 52.3 Å². The molecule has 1 aliphatic rings. The lowest BCUT2D eigenvalue weighted by molar-refractivity contribution is 0.102. The number of halogens is 1. The van der Waals surface area contributed by atoms with Crippen LogP contribution in [0.25, 0.3) is 0 Å². The highest BCUT2D eigenvalue weighted by Gasteiger charge is 2.20. The van der Waals surface area contributed by atoms with Gasteiger partial charge in [0, 0.05) is 15.4 Å². The summed E-state index contributed by atoms with van der Waals surface area (Å²) in [5.74, 6) is -0.180. The molecule has 0 atom stereocenters. The van der Waals surface area contributed by atoms with Gasteiger partial charge in [-0.2, -0.15) is 0 Å². The Kier molecular flexibility index (Phi) is 3.05. The average Bonchev–Trinajstić information content (AvgIpc) is 2.54. The summed E-state index contributed by atoms with van der Waals surface area (Å²) < 4.78 is 0. The average molecular weight is 290 g/mol. The van der Waals surface area contributed by atoms with Crippen molar-refractivity contribution < 1.29 is 9.59 Å². The first kappa shape index (κ1) is 12.3. The summed E-state index contributed by atoms with van der Waals surface area (Å²) in [7, 11) is 0. The maximum atomic E-state index is 12.1. The molecule has 0 aromatic heterocycles. The van der Waals surface area contributed by atoms with Crippen LogP contribution in [0.5, 0.6) is 0 Å². The van der Waals surface area contributed by atoms with E-state index in [1.54, 1.807) is 18.2 Å². The van der Waals surface area contributed by atoms with Gasteiger partial charge in [-0.1, -0.05) is 23.9 Å². The number of fused-ring (bicyclic) bond motifs is 2. The summed E-state index contributed by atoms with van der Waals surface area (Å²) in [5, 5.41) is 2.32. The van der Waals surface area contributed by atoms with E-state index in [1.165, 1.54) is 11.8 Å². The van der Waals surface area contributed by atoms with Gasteiger partial charge in [-0.05, 0) is 41.9 Å². The Balaban J connectivity index is 2.15. The van der Waals surface area contributed by atoms with Crippen LogP contribution in [0.3, 0.4) is 0 Å². The zero-order chi connectivity index (χ0) is 13.4. The van der Waals surface area contributed by atoms with Crippen LogP contribution in [0.1, 0.15) is 20.7 Å². The number of carbonyl (C=O) groups excluding carboxylic acids is 2. The van der Waals surface area contributed by atoms with Crippen molar-refractivity contribution in [1.82, 2.24) is 0 Å². The smallest absolute Gasteiger partial charge is 0.256 e. The number of para-hydroxylation sites is 1. The summed E-state index contributed by atoms with van der Waals surface area (Å²) in [5.41, 5.74) is 1.70. The van der Waals surface area contributed by atoms with Crippen LogP contribution in [0.4, 0.5) is 5.69 Å². The summed E-state index contributed by atoms with van der Waals surface area (Å²) in [6.45, 7) is 0. The lowest BCUT2D eigenvalue weighted by Crippen LogP contribution is -2.11. The van der Waals surface area contributed by atoms with Crippen LogP contribution in [0.2, 0.25) is 0 Å². The molecule has 19 heavy (non-hydrogen) atoms. The molecule has 1 aliphatic heterocycles. The first-order chi connectivity index (χ1) is 9.15. The number of amides is 1. The first-order valence-electron chi connectivity index (χ1n) is 5.57. The van der Waals surface area contributed by atoms with Gasteiger partial charge in [0.1, 0.15) is 0 Å². The van der Waals surface area contributed by atoms with Gasteiger partial charge in [-0.15, -0.1) is 0 Å². The molecule has 2 aromatic rings. The van der Waals surface area contributed by atoms with Crippen LogP contribution < -0.4 is 5.32 Å². The molecular formula is C14H8ClNO2S. The molecule has 0 radical (unpaired) electrons. The summed E-state index contributed by atoms with van der Waals surface area (Å²) in [6, 6.07) is 12.4. The summed E-state index contributed by atoms with van der Waals surface area (Å²) in [6.07, 6.45) is 0. The van der Waals surface area contributed by atoms with E-state index in [0.29, 0.717) is 11.1 Å². The third-order valence-corrected chi connectivity index (χ3v) is 4.16. The molecule has 0 fully saturated rings. The highest BCUT2D eigenvalue weighted by molar-refractivity contribution is 7.99. The Morgan fingerprint density at radius 3 is 2.68 bits per heavy atom. The summed E-state index contributed by atoms with van der Waals surface area (Å²) >= 11 is 6.92. The zero-order valence-corrected chi connectivity index (χ0v) is 11.2. The number of benzene rings is 2. The fraction of sp³-hybridized carbons (Fsp3) is 0. The van der Waals surface area contributed by atoms with Crippen molar-refractivity contribution in [1.29, 1.82) is 0 Å². The van der Waals surface area contributed by atoms with Gasteiger partial charge < -0.3 is 5.32 Å². The number of anilines is 1. The molecule has 0 bridgehead atoms. The Hall–Kier alpha value is -1.78.